The lowest BCUT2D eigenvalue weighted by Gasteiger charge is -2.32. The van der Waals surface area contributed by atoms with Crippen molar-refractivity contribution in [3.63, 3.8) is 0 Å². The van der Waals surface area contributed by atoms with Gasteiger partial charge in [0, 0.05) is 17.6 Å². The van der Waals surface area contributed by atoms with Gasteiger partial charge in [-0.05, 0) is 65.0 Å². The minimum absolute atomic E-state index is 0.0769. The Hall–Kier alpha value is -1.13. The van der Waals surface area contributed by atoms with Gasteiger partial charge < -0.3 is 15.0 Å². The van der Waals surface area contributed by atoms with Gasteiger partial charge in [0.2, 0.25) is 0 Å². The summed E-state index contributed by atoms with van der Waals surface area (Å²) in [6.07, 6.45) is 4.90. The molecule has 1 aliphatic rings. The molecule has 1 aliphatic heterocycles. The monoisotopic (exact) mass is 294 g/mol. The van der Waals surface area contributed by atoms with Crippen LogP contribution >= 0.6 is 0 Å². The van der Waals surface area contributed by atoms with Gasteiger partial charge >= 0.3 is 0 Å². The summed E-state index contributed by atoms with van der Waals surface area (Å²) in [5, 5.41) is 3.14. The Morgan fingerprint density at radius 3 is 2.95 bits per heavy atom. The molecular formula is C17H27FN2O. The highest BCUT2D eigenvalue weighted by Crippen LogP contribution is 2.26. The number of halogens is 1. The number of nitrogens with zero attached hydrogens (tertiary/aromatic N) is 1. The van der Waals surface area contributed by atoms with Gasteiger partial charge in [0.15, 0.2) is 0 Å². The van der Waals surface area contributed by atoms with E-state index in [0.717, 1.165) is 17.7 Å². The van der Waals surface area contributed by atoms with Gasteiger partial charge in [0.25, 0.3) is 0 Å². The van der Waals surface area contributed by atoms with Crippen LogP contribution in [0.2, 0.25) is 0 Å². The molecule has 2 atom stereocenters. The van der Waals surface area contributed by atoms with Crippen molar-refractivity contribution in [2.24, 2.45) is 0 Å². The summed E-state index contributed by atoms with van der Waals surface area (Å²) in [4.78, 5) is 2.43. The first-order valence-electron chi connectivity index (χ1n) is 7.91. The van der Waals surface area contributed by atoms with Crippen LogP contribution in [0.5, 0.6) is 5.75 Å². The van der Waals surface area contributed by atoms with E-state index in [1.165, 1.54) is 31.9 Å². The summed E-state index contributed by atoms with van der Waals surface area (Å²) in [6.45, 7) is 3.88. The second-order valence-electron chi connectivity index (χ2n) is 5.96. The number of hydrogen-bond donors (Lipinski definition) is 1. The van der Waals surface area contributed by atoms with Crippen LogP contribution in [-0.2, 0) is 0 Å². The average Bonchev–Trinajstić information content (AvgIpc) is 2.49. The Kier molecular flexibility index (Phi) is 6.00. The fourth-order valence-electron chi connectivity index (χ4n) is 2.96. The Bertz CT molecular complexity index is 452. The van der Waals surface area contributed by atoms with E-state index in [1.807, 2.05) is 14.0 Å². The van der Waals surface area contributed by atoms with E-state index < -0.39 is 0 Å². The van der Waals surface area contributed by atoms with Gasteiger partial charge in [0.05, 0.1) is 6.61 Å². The third kappa shape index (κ3) is 4.42. The van der Waals surface area contributed by atoms with E-state index in [0.29, 0.717) is 12.6 Å². The van der Waals surface area contributed by atoms with E-state index in [1.54, 1.807) is 12.1 Å². The summed E-state index contributed by atoms with van der Waals surface area (Å²) in [6, 6.07) is 5.46. The van der Waals surface area contributed by atoms with Crippen LogP contribution in [-0.4, -0.2) is 38.2 Å². The first-order chi connectivity index (χ1) is 10.1. The van der Waals surface area contributed by atoms with Crippen molar-refractivity contribution in [2.75, 3.05) is 27.2 Å². The first kappa shape index (κ1) is 16.2. The van der Waals surface area contributed by atoms with E-state index in [4.69, 9.17) is 4.74 Å². The molecule has 0 aromatic heterocycles. The average molecular weight is 294 g/mol. The Morgan fingerprint density at radius 2 is 2.24 bits per heavy atom. The van der Waals surface area contributed by atoms with Crippen LogP contribution in [0.3, 0.4) is 0 Å². The minimum atomic E-state index is -0.216. The maximum Gasteiger partial charge on any atom is 0.124 e. The fourth-order valence-corrected chi connectivity index (χ4v) is 2.96. The molecule has 21 heavy (non-hydrogen) atoms. The quantitative estimate of drug-likeness (QED) is 0.870. The highest BCUT2D eigenvalue weighted by atomic mass is 19.1. The van der Waals surface area contributed by atoms with Gasteiger partial charge in [0.1, 0.15) is 11.6 Å². The number of nitrogens with one attached hydrogen (secondary N) is 1. The SMILES string of the molecule is CNC(C)c1cc(F)ccc1OCCC1CCCCN1C. The molecule has 3 nitrogen and oxygen atoms in total. The Balaban J connectivity index is 1.93. The smallest absolute Gasteiger partial charge is 0.124 e. The summed E-state index contributed by atoms with van der Waals surface area (Å²) in [5.41, 5.74) is 0.884. The molecule has 4 heteroatoms. The standard InChI is InChI=1S/C17H27FN2O/c1-13(19-2)16-12-14(18)7-8-17(16)21-11-9-15-6-4-5-10-20(15)3/h7-8,12-13,15,19H,4-6,9-11H2,1-3H3. The van der Waals surface area contributed by atoms with Crippen molar-refractivity contribution in [3.8, 4) is 5.75 Å². The van der Waals surface area contributed by atoms with Gasteiger partial charge in [-0.25, -0.2) is 4.39 Å². The summed E-state index contributed by atoms with van der Waals surface area (Å²) in [7, 11) is 4.06. The van der Waals surface area contributed by atoms with Crippen molar-refractivity contribution in [1.82, 2.24) is 10.2 Å². The third-order valence-electron chi connectivity index (χ3n) is 4.50. The number of benzene rings is 1. The summed E-state index contributed by atoms with van der Waals surface area (Å²) in [5.74, 6) is 0.572. The highest BCUT2D eigenvalue weighted by molar-refractivity contribution is 5.36. The summed E-state index contributed by atoms with van der Waals surface area (Å²) >= 11 is 0. The largest absolute Gasteiger partial charge is 0.493 e. The molecule has 2 unspecified atom stereocenters. The second kappa shape index (κ2) is 7.76. The predicted octanol–water partition coefficient (Wildman–Crippen LogP) is 3.36. The third-order valence-corrected chi connectivity index (χ3v) is 4.50. The van der Waals surface area contributed by atoms with Crippen molar-refractivity contribution in [1.29, 1.82) is 0 Å². The molecule has 0 aliphatic carbocycles. The summed E-state index contributed by atoms with van der Waals surface area (Å²) < 4.78 is 19.4. The maximum absolute atomic E-state index is 13.4. The van der Waals surface area contributed by atoms with Crippen molar-refractivity contribution in [3.05, 3.63) is 29.6 Å². The van der Waals surface area contributed by atoms with Gasteiger partial charge in [-0.2, -0.15) is 0 Å². The molecule has 1 fully saturated rings. The van der Waals surface area contributed by atoms with E-state index in [2.05, 4.69) is 17.3 Å². The van der Waals surface area contributed by atoms with Gasteiger partial charge in [-0.1, -0.05) is 6.42 Å². The van der Waals surface area contributed by atoms with Crippen molar-refractivity contribution >= 4 is 0 Å². The predicted molar refractivity (Wildman–Crippen MR) is 84.3 cm³/mol. The molecule has 1 N–H and O–H groups in total. The van der Waals surface area contributed by atoms with E-state index in [9.17, 15) is 4.39 Å². The van der Waals surface area contributed by atoms with Crippen LogP contribution in [0.15, 0.2) is 18.2 Å². The lowest BCUT2D eigenvalue weighted by atomic mass is 10.0. The van der Waals surface area contributed by atoms with Crippen LogP contribution in [0.1, 0.15) is 44.2 Å². The lowest BCUT2D eigenvalue weighted by Crippen LogP contribution is -2.37. The second-order valence-corrected chi connectivity index (χ2v) is 5.96. The molecule has 0 spiro atoms. The molecule has 0 bridgehead atoms. The van der Waals surface area contributed by atoms with Crippen molar-refractivity contribution in [2.45, 2.75) is 44.7 Å². The number of rotatable bonds is 6. The number of ether oxygens (including phenoxy) is 1. The zero-order chi connectivity index (χ0) is 15.2. The molecule has 1 aromatic rings. The normalized spacial score (nSPS) is 21.2. The number of piperidine rings is 1. The Morgan fingerprint density at radius 1 is 1.43 bits per heavy atom. The van der Waals surface area contributed by atoms with Gasteiger partial charge in [-0.15, -0.1) is 0 Å². The topological polar surface area (TPSA) is 24.5 Å². The molecule has 0 radical (unpaired) electrons. The van der Waals surface area contributed by atoms with Crippen LogP contribution in [0.25, 0.3) is 0 Å². The molecule has 118 valence electrons. The van der Waals surface area contributed by atoms with Crippen molar-refractivity contribution < 1.29 is 9.13 Å². The molecule has 2 rings (SSSR count). The Labute approximate surface area is 127 Å². The maximum atomic E-state index is 13.4. The zero-order valence-electron chi connectivity index (χ0n) is 13.4. The fraction of sp³-hybridized carbons (Fsp3) is 0.647. The minimum Gasteiger partial charge on any atom is -0.493 e. The molecule has 0 amide bonds. The van der Waals surface area contributed by atoms with E-state index in [-0.39, 0.29) is 11.9 Å². The zero-order valence-corrected chi connectivity index (χ0v) is 13.4. The van der Waals surface area contributed by atoms with Crippen LogP contribution in [0.4, 0.5) is 4.39 Å². The highest BCUT2D eigenvalue weighted by Gasteiger charge is 2.19. The molecule has 1 heterocycles. The van der Waals surface area contributed by atoms with E-state index >= 15 is 0 Å². The molecule has 0 saturated carbocycles. The van der Waals surface area contributed by atoms with Crippen LogP contribution < -0.4 is 10.1 Å². The van der Waals surface area contributed by atoms with Gasteiger partial charge in [-0.3, -0.25) is 0 Å². The number of likely N-dealkylation sites (tertiary alicyclic amines) is 1. The lowest BCUT2D eigenvalue weighted by molar-refractivity contribution is 0.152. The number of hydrogen-bond acceptors (Lipinski definition) is 3. The molecule has 1 saturated heterocycles. The van der Waals surface area contributed by atoms with Crippen LogP contribution in [0, 0.1) is 5.82 Å². The first-order valence-corrected chi connectivity index (χ1v) is 7.91. The molecular weight excluding hydrogens is 267 g/mol. The molecule has 1 aromatic carbocycles.